The van der Waals surface area contributed by atoms with E-state index in [1.807, 2.05) is 0 Å². The van der Waals surface area contributed by atoms with Crippen LogP contribution in [0.3, 0.4) is 0 Å². The van der Waals surface area contributed by atoms with Crippen LogP contribution in [0.4, 0.5) is 13.2 Å². The monoisotopic (exact) mass is 339 g/mol. The number of aryl methyl sites for hydroxylation is 1. The molecular weight excluding hydrogens is 323 g/mol. The van der Waals surface area contributed by atoms with E-state index in [1.165, 1.54) is 35.4 Å². The maximum absolute atomic E-state index is 13.3. The molecule has 1 saturated heterocycles. The van der Waals surface area contributed by atoms with Crippen molar-refractivity contribution in [1.82, 2.24) is 4.90 Å². The van der Waals surface area contributed by atoms with Gasteiger partial charge in [-0.2, -0.15) is 13.2 Å². The molecule has 3 rings (SSSR count). The van der Waals surface area contributed by atoms with Crippen molar-refractivity contribution in [2.24, 2.45) is 0 Å². The van der Waals surface area contributed by atoms with Gasteiger partial charge in [0.2, 0.25) is 0 Å². The van der Waals surface area contributed by atoms with Gasteiger partial charge in [-0.1, -0.05) is 18.2 Å². The van der Waals surface area contributed by atoms with Gasteiger partial charge in [-0.05, 0) is 31.0 Å². The van der Waals surface area contributed by atoms with Gasteiger partial charge in [-0.3, -0.25) is 4.79 Å². The number of rotatable bonds is 2. The van der Waals surface area contributed by atoms with E-state index in [0.29, 0.717) is 11.3 Å². The van der Waals surface area contributed by atoms with Crippen LogP contribution in [0.5, 0.6) is 0 Å². The zero-order valence-electron chi connectivity index (χ0n) is 12.9. The molecule has 1 aliphatic rings. The van der Waals surface area contributed by atoms with Crippen molar-refractivity contribution in [3.63, 3.8) is 0 Å². The molecule has 1 aromatic carbocycles. The first kappa shape index (κ1) is 16.6. The molecule has 1 N–H and O–H groups in total. The lowest BCUT2D eigenvalue weighted by molar-refractivity contribution is -0.138. The fourth-order valence-electron chi connectivity index (χ4n) is 3.14. The number of furan rings is 1. The summed E-state index contributed by atoms with van der Waals surface area (Å²) in [6.07, 6.45) is -3.97. The van der Waals surface area contributed by atoms with Gasteiger partial charge in [0.15, 0.2) is 0 Å². The minimum Gasteiger partial charge on any atom is -0.469 e. The second kappa shape index (κ2) is 5.98. The third-order valence-corrected chi connectivity index (χ3v) is 4.25. The van der Waals surface area contributed by atoms with Gasteiger partial charge in [0.1, 0.15) is 5.76 Å². The fraction of sp³-hybridized carbons (Fsp3) is 0.353. The Morgan fingerprint density at radius 2 is 2.00 bits per heavy atom. The van der Waals surface area contributed by atoms with Crippen LogP contribution in [0, 0.1) is 6.92 Å². The maximum Gasteiger partial charge on any atom is 0.416 e. The van der Waals surface area contributed by atoms with E-state index in [9.17, 15) is 23.1 Å². The standard InChI is InChI=1S/C17H16F3NO3/c1-10-12(6-7-24-10)16(23)21-9-11(22)8-15(21)13-4-2-3-5-14(13)17(18,19)20/h2-7,11,15,22H,8-9H2,1H3/t11-,15-/m0/s1. The molecule has 0 bridgehead atoms. The van der Waals surface area contributed by atoms with Crippen LogP contribution in [0.1, 0.15) is 39.7 Å². The summed E-state index contributed by atoms with van der Waals surface area (Å²) in [5, 5.41) is 9.94. The fourth-order valence-corrected chi connectivity index (χ4v) is 3.14. The topological polar surface area (TPSA) is 53.7 Å². The molecule has 2 atom stereocenters. The molecule has 7 heteroatoms. The van der Waals surface area contributed by atoms with E-state index in [0.717, 1.165) is 6.07 Å². The number of benzene rings is 1. The zero-order chi connectivity index (χ0) is 17.5. The third kappa shape index (κ3) is 2.91. The molecule has 1 aromatic heterocycles. The highest BCUT2D eigenvalue weighted by Crippen LogP contribution is 2.41. The minimum atomic E-state index is -4.52. The number of carbonyl (C=O) groups is 1. The maximum atomic E-state index is 13.3. The van der Waals surface area contributed by atoms with Crippen LogP contribution in [-0.2, 0) is 6.18 Å². The number of aliphatic hydroxyl groups excluding tert-OH is 1. The van der Waals surface area contributed by atoms with Crippen molar-refractivity contribution < 1.29 is 27.5 Å². The number of carbonyl (C=O) groups excluding carboxylic acids is 1. The molecule has 0 spiro atoms. The summed E-state index contributed by atoms with van der Waals surface area (Å²) >= 11 is 0. The van der Waals surface area contributed by atoms with Crippen LogP contribution < -0.4 is 0 Å². The van der Waals surface area contributed by atoms with Crippen LogP contribution in [-0.4, -0.2) is 28.6 Å². The average molecular weight is 339 g/mol. The van der Waals surface area contributed by atoms with Crippen molar-refractivity contribution in [2.75, 3.05) is 6.54 Å². The third-order valence-electron chi connectivity index (χ3n) is 4.25. The van der Waals surface area contributed by atoms with Crippen molar-refractivity contribution in [3.05, 3.63) is 59.0 Å². The quantitative estimate of drug-likeness (QED) is 0.910. The Labute approximate surface area is 136 Å². The molecule has 0 aliphatic carbocycles. The molecule has 24 heavy (non-hydrogen) atoms. The summed E-state index contributed by atoms with van der Waals surface area (Å²) in [5.41, 5.74) is -0.500. The van der Waals surface area contributed by atoms with Gasteiger partial charge in [-0.25, -0.2) is 0 Å². The molecule has 1 amide bonds. The lowest BCUT2D eigenvalue weighted by atomic mass is 9.97. The summed E-state index contributed by atoms with van der Waals surface area (Å²) in [7, 11) is 0. The van der Waals surface area contributed by atoms with E-state index >= 15 is 0 Å². The number of hydrogen-bond donors (Lipinski definition) is 1. The molecule has 0 saturated carbocycles. The second-order valence-electron chi connectivity index (χ2n) is 5.84. The van der Waals surface area contributed by atoms with E-state index < -0.39 is 29.8 Å². The van der Waals surface area contributed by atoms with Crippen LogP contribution in [0.15, 0.2) is 41.0 Å². The largest absolute Gasteiger partial charge is 0.469 e. The van der Waals surface area contributed by atoms with Gasteiger partial charge in [0.05, 0.1) is 29.5 Å². The molecule has 1 aliphatic heterocycles. The molecule has 4 nitrogen and oxygen atoms in total. The molecule has 2 aromatic rings. The number of likely N-dealkylation sites (tertiary alicyclic amines) is 1. The average Bonchev–Trinajstić information content (AvgIpc) is 3.11. The Morgan fingerprint density at radius 1 is 1.29 bits per heavy atom. The molecule has 1 fully saturated rings. The normalized spacial score (nSPS) is 21.3. The second-order valence-corrected chi connectivity index (χ2v) is 5.84. The summed E-state index contributed by atoms with van der Waals surface area (Å²) < 4.78 is 45.0. The SMILES string of the molecule is Cc1occc1C(=O)N1C[C@@H](O)C[C@H]1c1ccccc1C(F)(F)F. The van der Waals surface area contributed by atoms with Gasteiger partial charge in [0, 0.05) is 6.54 Å². The summed E-state index contributed by atoms with van der Waals surface area (Å²) in [6.45, 7) is 1.60. The first-order valence-electron chi connectivity index (χ1n) is 7.48. The Kier molecular flexibility index (Phi) is 4.13. The highest BCUT2D eigenvalue weighted by atomic mass is 19.4. The van der Waals surface area contributed by atoms with Gasteiger partial charge in [-0.15, -0.1) is 0 Å². The van der Waals surface area contributed by atoms with E-state index in [-0.39, 0.29) is 18.5 Å². The Balaban J connectivity index is 2.01. The molecule has 128 valence electrons. The molecular formula is C17H16F3NO3. The Hall–Kier alpha value is -2.28. The van der Waals surface area contributed by atoms with Gasteiger partial charge >= 0.3 is 6.18 Å². The number of halogens is 3. The number of hydrogen-bond acceptors (Lipinski definition) is 3. The van der Waals surface area contributed by atoms with Crippen molar-refractivity contribution in [2.45, 2.75) is 31.7 Å². The van der Waals surface area contributed by atoms with Crippen LogP contribution >= 0.6 is 0 Å². The number of amides is 1. The van der Waals surface area contributed by atoms with Gasteiger partial charge < -0.3 is 14.4 Å². The van der Waals surface area contributed by atoms with Crippen LogP contribution in [0.25, 0.3) is 0 Å². The minimum absolute atomic E-state index is 0.00366. The molecule has 0 unspecified atom stereocenters. The molecule has 2 heterocycles. The first-order valence-corrected chi connectivity index (χ1v) is 7.48. The highest BCUT2D eigenvalue weighted by molar-refractivity contribution is 5.95. The zero-order valence-corrected chi connectivity index (χ0v) is 12.9. The molecule has 0 radical (unpaired) electrons. The first-order chi connectivity index (χ1) is 11.3. The van der Waals surface area contributed by atoms with Crippen molar-refractivity contribution >= 4 is 5.91 Å². The summed E-state index contributed by atoms with van der Waals surface area (Å²) in [5.74, 6) is -0.0518. The summed E-state index contributed by atoms with van der Waals surface area (Å²) in [4.78, 5) is 14.0. The lowest BCUT2D eigenvalue weighted by Gasteiger charge is -2.27. The Bertz CT molecular complexity index is 754. The van der Waals surface area contributed by atoms with Crippen molar-refractivity contribution in [3.8, 4) is 0 Å². The van der Waals surface area contributed by atoms with E-state index in [2.05, 4.69) is 0 Å². The van der Waals surface area contributed by atoms with Crippen molar-refractivity contribution in [1.29, 1.82) is 0 Å². The van der Waals surface area contributed by atoms with E-state index in [4.69, 9.17) is 4.42 Å². The predicted octanol–water partition coefficient (Wildman–Crippen LogP) is 3.55. The smallest absolute Gasteiger partial charge is 0.416 e. The number of alkyl halides is 3. The highest BCUT2D eigenvalue weighted by Gasteiger charge is 2.41. The number of aliphatic hydroxyl groups is 1. The summed E-state index contributed by atoms with van der Waals surface area (Å²) in [6, 6.07) is 5.81. The van der Waals surface area contributed by atoms with E-state index in [1.54, 1.807) is 6.92 Å². The Morgan fingerprint density at radius 3 is 2.62 bits per heavy atom. The lowest BCUT2D eigenvalue weighted by Crippen LogP contribution is -2.32. The van der Waals surface area contributed by atoms with Gasteiger partial charge in [0.25, 0.3) is 5.91 Å². The number of nitrogens with zero attached hydrogens (tertiary/aromatic N) is 1. The predicted molar refractivity (Wildman–Crippen MR) is 79.3 cm³/mol. The number of β-amino-alcohol motifs (C(OH)–C–C–N with tert-alkyl or cyclic N) is 1. The van der Waals surface area contributed by atoms with Crippen LogP contribution in [0.2, 0.25) is 0 Å².